The van der Waals surface area contributed by atoms with Crippen molar-refractivity contribution in [3.8, 4) is 0 Å². The maximum atomic E-state index is 11.7. The molecule has 0 bridgehead atoms. The Bertz CT molecular complexity index is 538. The topological polar surface area (TPSA) is 66.3 Å². The summed E-state index contributed by atoms with van der Waals surface area (Å²) in [6.45, 7) is 1.70. The molecular formula is C15H19N3O2. The van der Waals surface area contributed by atoms with E-state index in [0.717, 1.165) is 17.7 Å². The van der Waals surface area contributed by atoms with Gasteiger partial charge in [0.1, 0.15) is 0 Å². The quantitative estimate of drug-likeness (QED) is 0.746. The van der Waals surface area contributed by atoms with Crippen LogP contribution in [0.25, 0.3) is 0 Å². The van der Waals surface area contributed by atoms with E-state index in [1.165, 1.54) is 0 Å². The van der Waals surface area contributed by atoms with Crippen molar-refractivity contribution in [2.75, 3.05) is 6.54 Å². The minimum Gasteiger partial charge on any atom is -0.392 e. The Balaban J connectivity index is 1.72. The SMILES string of the molecule is O=C(NCCn1cccc1)NCc1ccccc1CO. The van der Waals surface area contributed by atoms with Crippen molar-refractivity contribution in [3.63, 3.8) is 0 Å². The van der Waals surface area contributed by atoms with Gasteiger partial charge in [0, 0.05) is 32.0 Å². The van der Waals surface area contributed by atoms with Crippen LogP contribution >= 0.6 is 0 Å². The van der Waals surface area contributed by atoms with Crippen LogP contribution in [-0.2, 0) is 19.7 Å². The minimum atomic E-state index is -0.204. The first kappa shape index (κ1) is 14.1. The summed E-state index contributed by atoms with van der Waals surface area (Å²) in [5.74, 6) is 0. The Morgan fingerprint density at radius 2 is 1.75 bits per heavy atom. The highest BCUT2D eigenvalue weighted by Gasteiger charge is 2.03. The number of rotatable bonds is 6. The van der Waals surface area contributed by atoms with Crippen LogP contribution in [0, 0.1) is 0 Å². The van der Waals surface area contributed by atoms with Gasteiger partial charge in [0.2, 0.25) is 0 Å². The van der Waals surface area contributed by atoms with Gasteiger partial charge in [0.05, 0.1) is 6.61 Å². The van der Waals surface area contributed by atoms with Crippen molar-refractivity contribution in [1.82, 2.24) is 15.2 Å². The van der Waals surface area contributed by atoms with E-state index in [0.29, 0.717) is 13.1 Å². The molecule has 0 unspecified atom stereocenters. The molecule has 0 saturated heterocycles. The van der Waals surface area contributed by atoms with E-state index in [9.17, 15) is 9.90 Å². The Hall–Kier alpha value is -2.27. The first-order valence-corrected chi connectivity index (χ1v) is 6.59. The third kappa shape index (κ3) is 4.13. The lowest BCUT2D eigenvalue weighted by Gasteiger charge is -2.10. The number of aromatic nitrogens is 1. The van der Waals surface area contributed by atoms with Crippen LogP contribution in [0.4, 0.5) is 4.79 Å². The summed E-state index contributed by atoms with van der Waals surface area (Å²) in [6, 6.07) is 11.2. The van der Waals surface area contributed by atoms with Gasteiger partial charge in [-0.05, 0) is 23.3 Å². The van der Waals surface area contributed by atoms with Gasteiger partial charge < -0.3 is 20.3 Å². The molecular weight excluding hydrogens is 254 g/mol. The number of carbonyl (C=O) groups excluding carboxylic acids is 1. The summed E-state index contributed by atoms with van der Waals surface area (Å²) in [6.07, 6.45) is 3.91. The molecule has 5 heteroatoms. The monoisotopic (exact) mass is 273 g/mol. The fourth-order valence-corrected chi connectivity index (χ4v) is 1.94. The second-order valence-corrected chi connectivity index (χ2v) is 4.46. The highest BCUT2D eigenvalue weighted by Crippen LogP contribution is 2.07. The summed E-state index contributed by atoms with van der Waals surface area (Å²) in [7, 11) is 0. The Morgan fingerprint density at radius 1 is 1.05 bits per heavy atom. The summed E-state index contributed by atoms with van der Waals surface area (Å²) < 4.78 is 2.00. The molecule has 1 aromatic carbocycles. The van der Waals surface area contributed by atoms with Crippen LogP contribution in [0.15, 0.2) is 48.8 Å². The molecule has 2 rings (SSSR count). The number of nitrogens with one attached hydrogen (secondary N) is 2. The van der Waals surface area contributed by atoms with Gasteiger partial charge in [-0.15, -0.1) is 0 Å². The molecule has 3 N–H and O–H groups in total. The highest BCUT2D eigenvalue weighted by molar-refractivity contribution is 5.73. The Kier molecular flexibility index (Phi) is 5.20. The molecule has 0 atom stereocenters. The summed E-state index contributed by atoms with van der Waals surface area (Å²) in [4.78, 5) is 11.7. The average Bonchev–Trinajstić information content (AvgIpc) is 2.98. The molecule has 2 aromatic rings. The number of aliphatic hydroxyl groups excluding tert-OH is 1. The van der Waals surface area contributed by atoms with Crippen LogP contribution in [-0.4, -0.2) is 22.2 Å². The third-order valence-corrected chi connectivity index (χ3v) is 3.05. The molecule has 0 saturated carbocycles. The molecule has 0 aliphatic rings. The second-order valence-electron chi connectivity index (χ2n) is 4.46. The lowest BCUT2D eigenvalue weighted by atomic mass is 10.1. The summed E-state index contributed by atoms with van der Waals surface area (Å²) in [5, 5.41) is 14.8. The zero-order valence-corrected chi connectivity index (χ0v) is 11.2. The predicted molar refractivity (Wildman–Crippen MR) is 77.0 cm³/mol. The van der Waals surface area contributed by atoms with E-state index >= 15 is 0 Å². The van der Waals surface area contributed by atoms with Gasteiger partial charge >= 0.3 is 6.03 Å². The Labute approximate surface area is 118 Å². The number of carbonyl (C=O) groups is 1. The van der Waals surface area contributed by atoms with E-state index in [-0.39, 0.29) is 12.6 Å². The van der Waals surface area contributed by atoms with Crippen LogP contribution < -0.4 is 10.6 Å². The van der Waals surface area contributed by atoms with E-state index in [4.69, 9.17) is 0 Å². The van der Waals surface area contributed by atoms with Crippen LogP contribution in [0.1, 0.15) is 11.1 Å². The van der Waals surface area contributed by atoms with Crippen molar-refractivity contribution in [2.24, 2.45) is 0 Å². The van der Waals surface area contributed by atoms with Gasteiger partial charge in [-0.2, -0.15) is 0 Å². The van der Waals surface area contributed by atoms with Gasteiger partial charge in [0.25, 0.3) is 0 Å². The third-order valence-electron chi connectivity index (χ3n) is 3.05. The zero-order valence-electron chi connectivity index (χ0n) is 11.2. The van der Waals surface area contributed by atoms with E-state index in [1.807, 2.05) is 53.4 Å². The standard InChI is InChI=1S/C15H19N3O2/c19-12-14-6-2-1-5-13(14)11-17-15(20)16-7-10-18-8-3-4-9-18/h1-6,8-9,19H,7,10-12H2,(H2,16,17,20). The van der Waals surface area contributed by atoms with Gasteiger partial charge in [-0.1, -0.05) is 24.3 Å². The number of benzene rings is 1. The first-order valence-electron chi connectivity index (χ1n) is 6.59. The lowest BCUT2D eigenvalue weighted by molar-refractivity contribution is 0.239. The van der Waals surface area contributed by atoms with Crippen LogP contribution in [0.5, 0.6) is 0 Å². The number of nitrogens with zero attached hydrogens (tertiary/aromatic N) is 1. The molecule has 1 aromatic heterocycles. The smallest absolute Gasteiger partial charge is 0.315 e. The first-order chi connectivity index (χ1) is 9.79. The van der Waals surface area contributed by atoms with E-state index in [1.54, 1.807) is 0 Å². The summed E-state index contributed by atoms with van der Waals surface area (Å²) in [5.41, 5.74) is 1.76. The molecule has 0 radical (unpaired) electrons. The fraction of sp³-hybridized carbons (Fsp3) is 0.267. The number of amides is 2. The van der Waals surface area contributed by atoms with Crippen LogP contribution in [0.2, 0.25) is 0 Å². The maximum Gasteiger partial charge on any atom is 0.315 e. The van der Waals surface area contributed by atoms with Crippen molar-refractivity contribution in [3.05, 3.63) is 59.9 Å². The predicted octanol–water partition coefficient (Wildman–Crippen LogP) is 1.48. The number of hydrogen-bond acceptors (Lipinski definition) is 2. The molecule has 106 valence electrons. The molecule has 0 fully saturated rings. The summed E-state index contributed by atoms with van der Waals surface area (Å²) >= 11 is 0. The van der Waals surface area contributed by atoms with Crippen molar-refractivity contribution in [2.45, 2.75) is 19.7 Å². The minimum absolute atomic E-state index is 0.0207. The van der Waals surface area contributed by atoms with Crippen molar-refractivity contribution in [1.29, 1.82) is 0 Å². The number of urea groups is 1. The molecule has 5 nitrogen and oxygen atoms in total. The van der Waals surface area contributed by atoms with Crippen molar-refractivity contribution >= 4 is 6.03 Å². The average molecular weight is 273 g/mol. The fourth-order valence-electron chi connectivity index (χ4n) is 1.94. The highest BCUT2D eigenvalue weighted by atomic mass is 16.3. The van der Waals surface area contributed by atoms with E-state index < -0.39 is 0 Å². The van der Waals surface area contributed by atoms with Gasteiger partial charge in [-0.3, -0.25) is 0 Å². The molecule has 1 heterocycles. The molecule has 0 aliphatic heterocycles. The van der Waals surface area contributed by atoms with Crippen molar-refractivity contribution < 1.29 is 9.90 Å². The van der Waals surface area contributed by atoms with Gasteiger partial charge in [-0.25, -0.2) is 4.79 Å². The van der Waals surface area contributed by atoms with E-state index in [2.05, 4.69) is 10.6 Å². The lowest BCUT2D eigenvalue weighted by Crippen LogP contribution is -2.36. The number of hydrogen-bond donors (Lipinski definition) is 3. The van der Waals surface area contributed by atoms with Gasteiger partial charge in [0.15, 0.2) is 0 Å². The Morgan fingerprint density at radius 3 is 2.45 bits per heavy atom. The molecule has 2 amide bonds. The second kappa shape index (κ2) is 7.35. The molecule has 20 heavy (non-hydrogen) atoms. The normalized spacial score (nSPS) is 10.2. The maximum absolute atomic E-state index is 11.7. The van der Waals surface area contributed by atoms with Crippen LogP contribution in [0.3, 0.4) is 0 Å². The largest absolute Gasteiger partial charge is 0.392 e. The zero-order chi connectivity index (χ0) is 14.2. The molecule has 0 aliphatic carbocycles. The number of aliphatic hydroxyl groups is 1. The molecule has 0 spiro atoms.